The second-order valence-electron chi connectivity index (χ2n) is 6.87. The Labute approximate surface area is 156 Å². The Kier molecular flexibility index (Phi) is 5.27. The van der Waals surface area contributed by atoms with E-state index in [1.165, 1.54) is 10.9 Å². The summed E-state index contributed by atoms with van der Waals surface area (Å²) < 4.78 is 0. The van der Waals surface area contributed by atoms with Crippen LogP contribution in [0.5, 0.6) is 0 Å². The maximum atomic E-state index is 8.91. The molecule has 0 fully saturated rings. The summed E-state index contributed by atoms with van der Waals surface area (Å²) in [5, 5.41) is 11.3. The van der Waals surface area contributed by atoms with Gasteiger partial charge in [-0.1, -0.05) is 55.5 Å². The molecule has 0 aliphatic rings. The topological polar surface area (TPSA) is 30.3 Å². The lowest BCUT2D eigenvalue weighted by atomic mass is 10.1. The number of rotatable bonds is 4. The average Bonchev–Trinajstić information content (AvgIpc) is 2.67. The quantitative estimate of drug-likeness (QED) is 0.486. The minimum Gasteiger partial charge on any atom is -0.315 e. The Bertz CT molecular complexity index is 909. The van der Waals surface area contributed by atoms with Gasteiger partial charge >= 0.3 is 0 Å². The van der Waals surface area contributed by atoms with Crippen LogP contribution in [0.15, 0.2) is 66.7 Å². The first-order valence-corrected chi connectivity index (χ1v) is 9.21. The molecule has 26 heavy (non-hydrogen) atoms. The van der Waals surface area contributed by atoms with Crippen molar-refractivity contribution in [1.82, 2.24) is 0 Å². The highest BCUT2D eigenvalue weighted by Gasteiger charge is 2.21. The Morgan fingerprint density at radius 3 is 2.38 bits per heavy atom. The predicted octanol–water partition coefficient (Wildman–Crippen LogP) is 5.69. The van der Waals surface area contributed by atoms with Crippen molar-refractivity contribution in [3.05, 3.63) is 72.3 Å². The SMILES string of the molecule is CCc1cccc(N(C(=N)N(C)c2cccc3ccccc23)C(C)C)c1. The van der Waals surface area contributed by atoms with Crippen molar-refractivity contribution in [1.29, 1.82) is 5.41 Å². The second-order valence-corrected chi connectivity index (χ2v) is 6.87. The van der Waals surface area contributed by atoms with E-state index in [0.717, 1.165) is 23.2 Å². The van der Waals surface area contributed by atoms with Crippen LogP contribution in [0.2, 0.25) is 0 Å². The first kappa shape index (κ1) is 18.0. The van der Waals surface area contributed by atoms with Crippen LogP contribution in [-0.2, 0) is 6.42 Å². The van der Waals surface area contributed by atoms with Crippen LogP contribution in [0.1, 0.15) is 26.3 Å². The molecule has 3 aromatic rings. The molecule has 0 aromatic heterocycles. The van der Waals surface area contributed by atoms with Gasteiger partial charge in [0, 0.05) is 24.2 Å². The summed E-state index contributed by atoms with van der Waals surface area (Å²) >= 11 is 0. The Morgan fingerprint density at radius 1 is 0.962 bits per heavy atom. The van der Waals surface area contributed by atoms with E-state index in [9.17, 15) is 0 Å². The molecule has 3 aromatic carbocycles. The van der Waals surface area contributed by atoms with E-state index in [1.807, 2.05) is 24.1 Å². The normalized spacial score (nSPS) is 11.0. The molecule has 0 atom stereocenters. The minimum atomic E-state index is 0.187. The van der Waals surface area contributed by atoms with Crippen LogP contribution in [0, 0.1) is 5.41 Å². The number of hydrogen-bond donors (Lipinski definition) is 1. The highest BCUT2D eigenvalue weighted by atomic mass is 15.4. The Balaban J connectivity index is 2.01. The van der Waals surface area contributed by atoms with E-state index in [4.69, 9.17) is 5.41 Å². The third kappa shape index (κ3) is 3.43. The van der Waals surface area contributed by atoms with Crippen molar-refractivity contribution >= 4 is 28.1 Å². The van der Waals surface area contributed by atoms with E-state index < -0.39 is 0 Å². The van der Waals surface area contributed by atoms with E-state index in [0.29, 0.717) is 5.96 Å². The number of anilines is 2. The van der Waals surface area contributed by atoms with Crippen molar-refractivity contribution in [2.24, 2.45) is 0 Å². The summed E-state index contributed by atoms with van der Waals surface area (Å²) in [4.78, 5) is 4.06. The van der Waals surface area contributed by atoms with Gasteiger partial charge in [0.1, 0.15) is 0 Å². The fourth-order valence-corrected chi connectivity index (χ4v) is 3.37. The van der Waals surface area contributed by atoms with Crippen LogP contribution < -0.4 is 9.80 Å². The van der Waals surface area contributed by atoms with Gasteiger partial charge in [-0.25, -0.2) is 0 Å². The smallest absolute Gasteiger partial charge is 0.202 e. The van der Waals surface area contributed by atoms with Crippen LogP contribution in [0.4, 0.5) is 11.4 Å². The summed E-state index contributed by atoms with van der Waals surface area (Å²) in [6.07, 6.45) is 0.992. The monoisotopic (exact) mass is 345 g/mol. The van der Waals surface area contributed by atoms with Crippen LogP contribution in [0.25, 0.3) is 10.8 Å². The number of benzene rings is 3. The molecule has 0 bridgehead atoms. The van der Waals surface area contributed by atoms with Gasteiger partial charge in [-0.15, -0.1) is 0 Å². The number of nitrogens with one attached hydrogen (secondary N) is 1. The maximum Gasteiger partial charge on any atom is 0.202 e. The molecular formula is C23H27N3. The Morgan fingerprint density at radius 2 is 1.65 bits per heavy atom. The molecule has 0 unspecified atom stereocenters. The number of nitrogens with zero attached hydrogens (tertiary/aromatic N) is 2. The molecule has 3 nitrogen and oxygen atoms in total. The van der Waals surface area contributed by atoms with Gasteiger partial charge in [0.2, 0.25) is 5.96 Å². The van der Waals surface area contributed by atoms with Crippen LogP contribution in [0.3, 0.4) is 0 Å². The van der Waals surface area contributed by atoms with Crippen LogP contribution >= 0.6 is 0 Å². The number of fused-ring (bicyclic) bond motifs is 1. The van der Waals surface area contributed by atoms with Gasteiger partial charge in [0.25, 0.3) is 0 Å². The molecule has 0 aliphatic heterocycles. The molecule has 1 N–H and O–H groups in total. The average molecular weight is 345 g/mol. The lowest BCUT2D eigenvalue weighted by molar-refractivity contribution is 0.793. The van der Waals surface area contributed by atoms with Gasteiger partial charge in [0.05, 0.1) is 5.69 Å². The molecule has 3 heteroatoms. The second kappa shape index (κ2) is 7.61. The first-order chi connectivity index (χ1) is 12.5. The van der Waals surface area contributed by atoms with Gasteiger partial charge in [-0.2, -0.15) is 0 Å². The minimum absolute atomic E-state index is 0.187. The lowest BCUT2D eigenvalue weighted by Gasteiger charge is -2.34. The number of guanidine groups is 1. The van der Waals surface area contributed by atoms with Crippen LogP contribution in [-0.4, -0.2) is 19.0 Å². The summed E-state index contributed by atoms with van der Waals surface area (Å²) in [6.45, 7) is 6.42. The zero-order chi connectivity index (χ0) is 18.7. The van der Waals surface area contributed by atoms with Crippen molar-refractivity contribution in [3.63, 3.8) is 0 Å². The molecule has 0 saturated carbocycles. The molecule has 134 valence electrons. The van der Waals surface area contributed by atoms with Gasteiger partial charge in [0.15, 0.2) is 0 Å². The summed E-state index contributed by atoms with van der Waals surface area (Å²) in [5.41, 5.74) is 3.40. The third-order valence-corrected chi connectivity index (χ3v) is 4.79. The molecule has 0 spiro atoms. The summed E-state index contributed by atoms with van der Waals surface area (Å²) in [6, 6.07) is 23.3. The zero-order valence-corrected chi connectivity index (χ0v) is 16.0. The molecule has 0 radical (unpaired) electrons. The van der Waals surface area contributed by atoms with Crippen molar-refractivity contribution in [3.8, 4) is 0 Å². The molecular weight excluding hydrogens is 318 g/mol. The summed E-state index contributed by atoms with van der Waals surface area (Å²) in [7, 11) is 1.98. The number of aryl methyl sites for hydroxylation is 1. The molecule has 0 amide bonds. The highest BCUT2D eigenvalue weighted by molar-refractivity contribution is 6.10. The van der Waals surface area contributed by atoms with E-state index in [-0.39, 0.29) is 6.04 Å². The van der Waals surface area contributed by atoms with Crippen molar-refractivity contribution in [2.45, 2.75) is 33.2 Å². The van der Waals surface area contributed by atoms with E-state index in [2.05, 4.69) is 80.3 Å². The maximum absolute atomic E-state index is 8.91. The van der Waals surface area contributed by atoms with Crippen molar-refractivity contribution in [2.75, 3.05) is 16.8 Å². The predicted molar refractivity (Wildman–Crippen MR) is 114 cm³/mol. The fourth-order valence-electron chi connectivity index (χ4n) is 3.37. The van der Waals surface area contributed by atoms with Gasteiger partial charge < -0.3 is 9.80 Å². The first-order valence-electron chi connectivity index (χ1n) is 9.21. The fraction of sp³-hybridized carbons (Fsp3) is 0.261. The number of hydrogen-bond acceptors (Lipinski definition) is 1. The third-order valence-electron chi connectivity index (χ3n) is 4.79. The molecule has 0 aliphatic carbocycles. The largest absolute Gasteiger partial charge is 0.315 e. The molecule has 3 rings (SSSR count). The van der Waals surface area contributed by atoms with E-state index in [1.54, 1.807) is 0 Å². The lowest BCUT2D eigenvalue weighted by Crippen LogP contribution is -2.46. The zero-order valence-electron chi connectivity index (χ0n) is 16.0. The summed E-state index contributed by atoms with van der Waals surface area (Å²) in [5.74, 6) is 0.476. The van der Waals surface area contributed by atoms with Gasteiger partial charge in [-0.05, 0) is 49.4 Å². The molecule has 0 saturated heterocycles. The van der Waals surface area contributed by atoms with Gasteiger partial charge in [-0.3, -0.25) is 5.41 Å². The van der Waals surface area contributed by atoms with E-state index >= 15 is 0 Å². The standard InChI is InChI=1S/C23H27N3/c1-5-18-10-8-13-20(16-18)26(17(2)3)23(24)25(4)22-15-9-12-19-11-6-7-14-21(19)22/h6-17,24H,5H2,1-4H3. The van der Waals surface area contributed by atoms with Crippen molar-refractivity contribution < 1.29 is 0 Å². The highest BCUT2D eigenvalue weighted by Crippen LogP contribution is 2.28. The Hall–Kier alpha value is -2.81. The molecule has 0 heterocycles.